The van der Waals surface area contributed by atoms with Gasteiger partial charge < -0.3 is 4.74 Å². The minimum absolute atomic E-state index is 0.336. The lowest BCUT2D eigenvalue weighted by atomic mass is 10.1. The fourth-order valence-electron chi connectivity index (χ4n) is 2.32. The van der Waals surface area contributed by atoms with Crippen LogP contribution in [0.25, 0.3) is 6.08 Å². The maximum absolute atomic E-state index is 11.9. The van der Waals surface area contributed by atoms with Crippen molar-refractivity contribution < 1.29 is 9.53 Å². The normalized spacial score (nSPS) is 15.7. The number of rotatable bonds is 4. The van der Waals surface area contributed by atoms with E-state index in [2.05, 4.69) is 4.99 Å². The van der Waals surface area contributed by atoms with Crippen LogP contribution in [-0.4, -0.2) is 11.9 Å². The average molecular weight is 326 g/mol. The largest absolute Gasteiger partial charge is 0.407 e. The number of hydrogen-bond acceptors (Lipinski definition) is 3. The summed E-state index contributed by atoms with van der Waals surface area (Å²) in [5.74, 6) is 0.0352. The molecule has 0 aromatic heterocycles. The second-order valence-electron chi connectivity index (χ2n) is 5.43. The standard InChI is InChI=1S/C19H16ClNO2/c1-13-6-8-14(9-7-13)12-17-19(22)23-18(21-17)11-10-15-4-2-3-5-16(15)20/h2-9,12H,10-11H2,1H3/b17-12+. The number of carbonyl (C=O) groups is 1. The van der Waals surface area contributed by atoms with Crippen LogP contribution in [0.2, 0.25) is 5.02 Å². The smallest absolute Gasteiger partial charge is 0.363 e. The molecule has 0 atom stereocenters. The molecule has 4 heteroatoms. The number of aliphatic imine (C=N–C) groups is 1. The van der Waals surface area contributed by atoms with E-state index in [0.29, 0.717) is 29.5 Å². The van der Waals surface area contributed by atoms with Crippen LogP contribution in [0.4, 0.5) is 0 Å². The van der Waals surface area contributed by atoms with Gasteiger partial charge in [0.05, 0.1) is 0 Å². The highest BCUT2D eigenvalue weighted by Gasteiger charge is 2.22. The van der Waals surface area contributed by atoms with Gasteiger partial charge in [0.25, 0.3) is 0 Å². The molecule has 0 saturated carbocycles. The summed E-state index contributed by atoms with van der Waals surface area (Å²) < 4.78 is 5.23. The maximum Gasteiger partial charge on any atom is 0.363 e. The zero-order valence-corrected chi connectivity index (χ0v) is 13.5. The predicted molar refractivity (Wildman–Crippen MR) is 92.5 cm³/mol. The molecule has 1 aliphatic rings. The quantitative estimate of drug-likeness (QED) is 0.609. The summed E-state index contributed by atoms with van der Waals surface area (Å²) >= 11 is 6.13. The number of aryl methyl sites for hydroxylation is 2. The van der Waals surface area contributed by atoms with Crippen LogP contribution < -0.4 is 0 Å². The van der Waals surface area contributed by atoms with Crippen molar-refractivity contribution in [3.8, 4) is 0 Å². The Morgan fingerprint density at radius 1 is 1.09 bits per heavy atom. The number of cyclic esters (lactones) is 1. The average Bonchev–Trinajstić information content (AvgIpc) is 2.89. The molecule has 1 heterocycles. The van der Waals surface area contributed by atoms with Gasteiger partial charge in [-0.25, -0.2) is 9.79 Å². The molecule has 3 nitrogen and oxygen atoms in total. The first-order valence-corrected chi connectivity index (χ1v) is 7.81. The molecule has 0 saturated heterocycles. The van der Waals surface area contributed by atoms with Gasteiger partial charge in [-0.1, -0.05) is 59.6 Å². The molecular formula is C19H16ClNO2. The third kappa shape index (κ3) is 3.88. The number of halogens is 1. The Bertz CT molecular complexity index is 791. The summed E-state index contributed by atoms with van der Waals surface area (Å²) in [5, 5.41) is 0.716. The zero-order chi connectivity index (χ0) is 16.2. The molecule has 3 rings (SSSR count). The molecule has 0 aliphatic carbocycles. The third-order valence-electron chi connectivity index (χ3n) is 3.61. The van der Waals surface area contributed by atoms with Crippen molar-refractivity contribution in [3.63, 3.8) is 0 Å². The lowest BCUT2D eigenvalue weighted by Crippen LogP contribution is -2.05. The summed E-state index contributed by atoms with van der Waals surface area (Å²) in [6, 6.07) is 15.5. The maximum atomic E-state index is 11.9. The highest BCUT2D eigenvalue weighted by atomic mass is 35.5. The van der Waals surface area contributed by atoms with Crippen LogP contribution in [0.3, 0.4) is 0 Å². The van der Waals surface area contributed by atoms with E-state index >= 15 is 0 Å². The van der Waals surface area contributed by atoms with Gasteiger partial charge in [0, 0.05) is 11.4 Å². The van der Waals surface area contributed by atoms with Gasteiger partial charge >= 0.3 is 5.97 Å². The van der Waals surface area contributed by atoms with Crippen LogP contribution >= 0.6 is 11.6 Å². The Morgan fingerprint density at radius 3 is 2.57 bits per heavy atom. The molecule has 2 aromatic carbocycles. The van der Waals surface area contributed by atoms with Crippen molar-refractivity contribution in [1.29, 1.82) is 0 Å². The lowest BCUT2D eigenvalue weighted by molar-refractivity contribution is -0.130. The summed E-state index contributed by atoms with van der Waals surface area (Å²) in [4.78, 5) is 16.2. The number of nitrogens with zero attached hydrogens (tertiary/aromatic N) is 1. The van der Waals surface area contributed by atoms with Gasteiger partial charge in [0.2, 0.25) is 0 Å². The van der Waals surface area contributed by atoms with Crippen LogP contribution in [0.15, 0.2) is 59.2 Å². The highest BCUT2D eigenvalue weighted by Crippen LogP contribution is 2.20. The second kappa shape index (κ2) is 6.80. The van der Waals surface area contributed by atoms with Gasteiger partial charge in [-0.15, -0.1) is 0 Å². The van der Waals surface area contributed by atoms with Gasteiger partial charge in [0.1, 0.15) is 0 Å². The molecule has 116 valence electrons. The van der Waals surface area contributed by atoms with Crippen molar-refractivity contribution in [2.75, 3.05) is 0 Å². The van der Waals surface area contributed by atoms with E-state index in [1.54, 1.807) is 6.08 Å². The first-order valence-electron chi connectivity index (χ1n) is 7.43. The number of benzene rings is 2. The molecule has 2 aromatic rings. The topological polar surface area (TPSA) is 38.7 Å². The van der Waals surface area contributed by atoms with E-state index in [9.17, 15) is 4.79 Å². The zero-order valence-electron chi connectivity index (χ0n) is 12.8. The van der Waals surface area contributed by atoms with Crippen LogP contribution in [0.1, 0.15) is 23.1 Å². The molecule has 23 heavy (non-hydrogen) atoms. The van der Waals surface area contributed by atoms with Crippen molar-refractivity contribution in [1.82, 2.24) is 0 Å². The summed E-state index contributed by atoms with van der Waals surface area (Å²) in [6.07, 6.45) is 2.97. The van der Waals surface area contributed by atoms with Crippen molar-refractivity contribution >= 4 is 29.5 Å². The van der Waals surface area contributed by atoms with Crippen molar-refractivity contribution in [3.05, 3.63) is 75.9 Å². The van der Waals surface area contributed by atoms with E-state index in [1.165, 1.54) is 5.56 Å². The van der Waals surface area contributed by atoms with Gasteiger partial charge in [-0.05, 0) is 36.6 Å². The van der Waals surface area contributed by atoms with E-state index in [4.69, 9.17) is 16.3 Å². The lowest BCUT2D eigenvalue weighted by Gasteiger charge is -2.02. The van der Waals surface area contributed by atoms with Crippen molar-refractivity contribution in [2.24, 2.45) is 4.99 Å². The minimum atomic E-state index is -0.403. The molecule has 0 N–H and O–H groups in total. The summed E-state index contributed by atoms with van der Waals surface area (Å²) in [5.41, 5.74) is 3.45. The van der Waals surface area contributed by atoms with Crippen LogP contribution in [-0.2, 0) is 16.0 Å². The third-order valence-corrected chi connectivity index (χ3v) is 3.98. The molecule has 0 spiro atoms. The fraction of sp³-hybridized carbons (Fsp3) is 0.158. The van der Waals surface area contributed by atoms with E-state index in [-0.39, 0.29) is 0 Å². The van der Waals surface area contributed by atoms with Crippen LogP contribution in [0, 0.1) is 6.92 Å². The Hall–Kier alpha value is -2.39. The predicted octanol–water partition coefficient (Wildman–Crippen LogP) is 4.58. The van der Waals surface area contributed by atoms with E-state index in [0.717, 1.165) is 11.1 Å². The van der Waals surface area contributed by atoms with Gasteiger partial charge in [-0.3, -0.25) is 0 Å². The van der Waals surface area contributed by atoms with Gasteiger partial charge in [-0.2, -0.15) is 0 Å². The van der Waals surface area contributed by atoms with E-state index < -0.39 is 5.97 Å². The SMILES string of the molecule is Cc1ccc(/C=C2/N=C(CCc3ccccc3Cl)OC2=O)cc1. The monoisotopic (exact) mass is 325 g/mol. The van der Waals surface area contributed by atoms with Gasteiger partial charge in [0.15, 0.2) is 11.6 Å². The Labute approximate surface area is 140 Å². The summed E-state index contributed by atoms with van der Waals surface area (Å²) in [7, 11) is 0. The molecular weight excluding hydrogens is 310 g/mol. The molecule has 0 amide bonds. The highest BCUT2D eigenvalue weighted by molar-refractivity contribution is 6.31. The molecule has 0 unspecified atom stereocenters. The first-order chi connectivity index (χ1) is 11.1. The Morgan fingerprint density at radius 2 is 1.83 bits per heavy atom. The van der Waals surface area contributed by atoms with Crippen molar-refractivity contribution in [2.45, 2.75) is 19.8 Å². The second-order valence-corrected chi connectivity index (χ2v) is 5.83. The van der Waals surface area contributed by atoms with Crippen LogP contribution in [0.5, 0.6) is 0 Å². The Kier molecular flexibility index (Phi) is 4.58. The first kappa shape index (κ1) is 15.5. The molecule has 0 fully saturated rings. The minimum Gasteiger partial charge on any atom is -0.407 e. The number of ether oxygens (including phenoxy) is 1. The molecule has 0 bridgehead atoms. The number of hydrogen-bond donors (Lipinski definition) is 0. The fourth-order valence-corrected chi connectivity index (χ4v) is 2.55. The van der Waals surface area contributed by atoms with E-state index in [1.807, 2.05) is 55.5 Å². The summed E-state index contributed by atoms with van der Waals surface area (Å²) in [6.45, 7) is 2.02. The number of carbonyl (C=O) groups excluding carboxylic acids is 1. The Balaban J connectivity index is 1.71. The molecule has 0 radical (unpaired) electrons. The number of esters is 1. The molecule has 1 aliphatic heterocycles.